The molecule has 3 nitrogen and oxygen atoms in total. The lowest BCUT2D eigenvalue weighted by Crippen LogP contribution is -2.01. The maximum Gasteiger partial charge on any atom is 0.150 e. The molecule has 0 amide bonds. The van der Waals surface area contributed by atoms with Gasteiger partial charge in [-0.3, -0.25) is 4.98 Å². The lowest BCUT2D eigenvalue weighted by atomic mass is 10.1. The maximum absolute atomic E-state index is 6.00. The molecule has 0 bridgehead atoms. The minimum Gasteiger partial charge on any atom is -0.455 e. The van der Waals surface area contributed by atoms with Gasteiger partial charge in [-0.15, -0.1) is 0 Å². The van der Waals surface area contributed by atoms with Crippen molar-refractivity contribution in [3.05, 3.63) is 52.3 Å². The first-order chi connectivity index (χ1) is 8.61. The van der Waals surface area contributed by atoms with E-state index < -0.39 is 0 Å². The van der Waals surface area contributed by atoms with Crippen molar-refractivity contribution in [3.63, 3.8) is 0 Å². The third-order valence-corrected chi connectivity index (χ3v) is 2.95. The van der Waals surface area contributed by atoms with Crippen LogP contribution in [0.4, 0.5) is 0 Å². The third-order valence-electron chi connectivity index (χ3n) is 2.73. The highest BCUT2D eigenvalue weighted by Gasteiger charge is 2.09. The zero-order valence-corrected chi connectivity index (χ0v) is 11.2. The summed E-state index contributed by atoms with van der Waals surface area (Å²) >= 11 is 6.00. The minimum absolute atomic E-state index is 0.420. The fourth-order valence-corrected chi connectivity index (χ4v) is 2.17. The smallest absolute Gasteiger partial charge is 0.150 e. The van der Waals surface area contributed by atoms with Gasteiger partial charge < -0.3 is 10.5 Å². The molecule has 4 heteroatoms. The van der Waals surface area contributed by atoms with Gasteiger partial charge in [-0.1, -0.05) is 11.6 Å². The number of hydrogen-bond donors (Lipinski definition) is 1. The molecule has 0 saturated heterocycles. The van der Waals surface area contributed by atoms with Crippen LogP contribution in [-0.2, 0) is 6.54 Å². The Morgan fingerprint density at radius 1 is 1.28 bits per heavy atom. The zero-order chi connectivity index (χ0) is 13.1. The van der Waals surface area contributed by atoms with E-state index in [2.05, 4.69) is 4.98 Å². The summed E-state index contributed by atoms with van der Waals surface area (Å²) in [4.78, 5) is 4.06. The summed E-state index contributed by atoms with van der Waals surface area (Å²) in [6.07, 6.45) is 3.38. The number of hydrogen-bond acceptors (Lipinski definition) is 3. The lowest BCUT2D eigenvalue weighted by Gasteiger charge is -2.14. The summed E-state index contributed by atoms with van der Waals surface area (Å²) in [6, 6.07) is 5.61. The van der Waals surface area contributed by atoms with E-state index in [4.69, 9.17) is 22.1 Å². The van der Waals surface area contributed by atoms with Gasteiger partial charge in [0.25, 0.3) is 0 Å². The first kappa shape index (κ1) is 12.9. The largest absolute Gasteiger partial charge is 0.455 e. The fourth-order valence-electron chi connectivity index (χ4n) is 1.84. The Morgan fingerprint density at radius 2 is 1.94 bits per heavy atom. The van der Waals surface area contributed by atoms with E-state index in [1.54, 1.807) is 12.4 Å². The topological polar surface area (TPSA) is 48.1 Å². The maximum atomic E-state index is 6.00. The van der Waals surface area contributed by atoms with Crippen LogP contribution in [0.15, 0.2) is 30.6 Å². The second-order valence-electron chi connectivity index (χ2n) is 4.16. The molecule has 0 unspecified atom stereocenters. The lowest BCUT2D eigenvalue weighted by molar-refractivity contribution is 0.466. The molecule has 2 N–H and O–H groups in total. The Balaban J connectivity index is 2.40. The van der Waals surface area contributed by atoms with Crippen LogP contribution < -0.4 is 10.5 Å². The van der Waals surface area contributed by atoms with Crippen LogP contribution in [0.5, 0.6) is 11.5 Å². The number of aryl methyl sites for hydroxylation is 2. The number of rotatable bonds is 3. The fraction of sp³-hybridized carbons (Fsp3) is 0.214. The van der Waals surface area contributed by atoms with E-state index in [0.717, 1.165) is 22.4 Å². The Kier molecular flexibility index (Phi) is 3.84. The number of aromatic nitrogens is 1. The quantitative estimate of drug-likeness (QED) is 0.919. The molecule has 0 spiro atoms. The summed E-state index contributed by atoms with van der Waals surface area (Å²) in [7, 11) is 0. The van der Waals surface area contributed by atoms with Gasteiger partial charge in [0, 0.05) is 23.3 Å². The Hall–Kier alpha value is -1.58. The molecule has 0 saturated carbocycles. The number of benzene rings is 1. The van der Waals surface area contributed by atoms with Crippen LogP contribution in [0.2, 0.25) is 5.02 Å². The van der Waals surface area contributed by atoms with Gasteiger partial charge in [-0.2, -0.15) is 0 Å². The SMILES string of the molecule is Cc1cc(Cl)cc(C)c1Oc1cnccc1CN. The number of nitrogens with two attached hydrogens (primary N) is 1. The third kappa shape index (κ3) is 2.63. The van der Waals surface area contributed by atoms with Crippen molar-refractivity contribution in [2.24, 2.45) is 5.73 Å². The molecule has 18 heavy (non-hydrogen) atoms. The summed E-state index contributed by atoms with van der Waals surface area (Å²) in [5, 5.41) is 0.711. The summed E-state index contributed by atoms with van der Waals surface area (Å²) in [5.74, 6) is 1.50. The Bertz CT molecular complexity index is 546. The molecule has 1 heterocycles. The predicted octanol–water partition coefficient (Wildman–Crippen LogP) is 3.60. The second-order valence-corrected chi connectivity index (χ2v) is 4.59. The molecule has 0 aliphatic carbocycles. The molecular weight excluding hydrogens is 248 g/mol. The second kappa shape index (κ2) is 5.38. The van der Waals surface area contributed by atoms with Crippen LogP contribution in [0.25, 0.3) is 0 Å². The Labute approximate surface area is 112 Å². The summed E-state index contributed by atoms with van der Waals surface area (Å²) in [6.45, 7) is 4.35. The highest BCUT2D eigenvalue weighted by molar-refractivity contribution is 6.30. The van der Waals surface area contributed by atoms with Gasteiger partial charge >= 0.3 is 0 Å². The highest BCUT2D eigenvalue weighted by Crippen LogP contribution is 2.32. The van der Waals surface area contributed by atoms with Crippen LogP contribution in [-0.4, -0.2) is 4.98 Å². The molecule has 0 atom stereocenters. The van der Waals surface area contributed by atoms with E-state index in [9.17, 15) is 0 Å². The molecular formula is C14H15ClN2O. The van der Waals surface area contributed by atoms with Crippen molar-refractivity contribution in [1.82, 2.24) is 4.98 Å². The molecule has 2 aromatic rings. The van der Waals surface area contributed by atoms with Gasteiger partial charge in [0.1, 0.15) is 11.5 Å². The number of ether oxygens (including phenoxy) is 1. The summed E-state index contributed by atoms with van der Waals surface area (Å²) < 4.78 is 5.92. The van der Waals surface area contributed by atoms with E-state index in [0.29, 0.717) is 17.3 Å². The molecule has 0 aliphatic heterocycles. The first-order valence-corrected chi connectivity index (χ1v) is 6.07. The summed E-state index contributed by atoms with van der Waals surface area (Å²) in [5.41, 5.74) is 8.59. The van der Waals surface area contributed by atoms with Gasteiger partial charge in [0.05, 0.1) is 6.20 Å². The number of pyridine rings is 1. The monoisotopic (exact) mass is 262 g/mol. The molecule has 1 aromatic heterocycles. The average molecular weight is 263 g/mol. The number of nitrogens with zero attached hydrogens (tertiary/aromatic N) is 1. The molecule has 0 fully saturated rings. The van der Waals surface area contributed by atoms with Crippen molar-refractivity contribution in [3.8, 4) is 11.5 Å². The first-order valence-electron chi connectivity index (χ1n) is 5.69. The molecule has 2 rings (SSSR count). The zero-order valence-electron chi connectivity index (χ0n) is 10.4. The predicted molar refractivity (Wildman–Crippen MR) is 73.1 cm³/mol. The molecule has 94 valence electrons. The van der Waals surface area contributed by atoms with Gasteiger partial charge in [0.15, 0.2) is 0 Å². The van der Waals surface area contributed by atoms with Crippen LogP contribution in [0, 0.1) is 13.8 Å². The van der Waals surface area contributed by atoms with Gasteiger partial charge in [-0.25, -0.2) is 0 Å². The molecule has 0 aliphatic rings. The van der Waals surface area contributed by atoms with Crippen molar-refractivity contribution in [2.45, 2.75) is 20.4 Å². The number of halogens is 1. The molecule has 1 aromatic carbocycles. The van der Waals surface area contributed by atoms with Crippen molar-refractivity contribution >= 4 is 11.6 Å². The average Bonchev–Trinajstić information content (AvgIpc) is 2.34. The van der Waals surface area contributed by atoms with E-state index in [-0.39, 0.29) is 0 Å². The van der Waals surface area contributed by atoms with E-state index in [1.807, 2.05) is 32.0 Å². The van der Waals surface area contributed by atoms with Crippen molar-refractivity contribution < 1.29 is 4.74 Å². The normalized spacial score (nSPS) is 10.4. The van der Waals surface area contributed by atoms with Crippen molar-refractivity contribution in [2.75, 3.05) is 0 Å². The standard InChI is InChI=1S/C14H15ClN2O/c1-9-5-12(15)6-10(2)14(9)18-13-8-17-4-3-11(13)7-16/h3-6,8H,7,16H2,1-2H3. The van der Waals surface area contributed by atoms with Crippen molar-refractivity contribution in [1.29, 1.82) is 0 Å². The van der Waals surface area contributed by atoms with Gasteiger partial charge in [-0.05, 0) is 43.2 Å². The van der Waals surface area contributed by atoms with Crippen LogP contribution in [0.3, 0.4) is 0 Å². The van der Waals surface area contributed by atoms with Gasteiger partial charge in [0.2, 0.25) is 0 Å². The van der Waals surface area contributed by atoms with Crippen LogP contribution >= 0.6 is 11.6 Å². The van der Waals surface area contributed by atoms with E-state index >= 15 is 0 Å². The van der Waals surface area contributed by atoms with Crippen LogP contribution in [0.1, 0.15) is 16.7 Å². The Morgan fingerprint density at radius 3 is 2.56 bits per heavy atom. The molecule has 0 radical (unpaired) electrons. The highest BCUT2D eigenvalue weighted by atomic mass is 35.5. The van der Waals surface area contributed by atoms with E-state index in [1.165, 1.54) is 0 Å². The minimum atomic E-state index is 0.420.